The molecule has 0 fully saturated rings. The van der Waals surface area contributed by atoms with Gasteiger partial charge in [-0.3, -0.25) is 4.79 Å². The molecule has 142 valence electrons. The van der Waals surface area contributed by atoms with Crippen LogP contribution in [0.3, 0.4) is 0 Å². The number of ether oxygens (including phenoxy) is 2. The van der Waals surface area contributed by atoms with Gasteiger partial charge in [-0.15, -0.1) is 0 Å². The third kappa shape index (κ3) is 3.57. The van der Waals surface area contributed by atoms with Crippen LogP contribution in [0.2, 0.25) is 0 Å². The van der Waals surface area contributed by atoms with Crippen molar-refractivity contribution in [3.63, 3.8) is 0 Å². The Kier molecular flexibility index (Phi) is 4.43. The number of anilines is 2. The zero-order valence-corrected chi connectivity index (χ0v) is 15.5. The lowest BCUT2D eigenvalue weighted by Gasteiger charge is -2.10. The van der Waals surface area contributed by atoms with Crippen molar-refractivity contribution in [2.24, 2.45) is 0 Å². The van der Waals surface area contributed by atoms with Gasteiger partial charge in [-0.25, -0.2) is 8.42 Å². The Morgan fingerprint density at radius 3 is 2.63 bits per heavy atom. The molecule has 0 atom stereocenters. The summed E-state index contributed by atoms with van der Waals surface area (Å²) >= 11 is 0. The van der Waals surface area contributed by atoms with Gasteiger partial charge in [-0.1, -0.05) is 6.07 Å². The van der Waals surface area contributed by atoms with Crippen molar-refractivity contribution >= 4 is 27.1 Å². The molecule has 1 amide bonds. The van der Waals surface area contributed by atoms with E-state index in [1.807, 2.05) is 6.07 Å². The van der Waals surface area contributed by atoms with E-state index in [1.165, 1.54) is 5.56 Å². The van der Waals surface area contributed by atoms with Gasteiger partial charge in [-0.2, -0.15) is 0 Å². The van der Waals surface area contributed by atoms with E-state index in [9.17, 15) is 13.2 Å². The van der Waals surface area contributed by atoms with Gasteiger partial charge >= 0.3 is 0 Å². The van der Waals surface area contributed by atoms with Crippen molar-refractivity contribution in [3.05, 3.63) is 41.5 Å². The van der Waals surface area contributed by atoms with E-state index in [4.69, 9.17) is 15.2 Å². The number of fused-ring (bicyclic) bond motifs is 2. The maximum absolute atomic E-state index is 12.6. The zero-order chi connectivity index (χ0) is 19.0. The highest BCUT2D eigenvalue weighted by Crippen LogP contribution is 2.38. The molecule has 0 saturated heterocycles. The number of carbonyl (C=O) groups is 1. The summed E-state index contributed by atoms with van der Waals surface area (Å²) in [5.74, 6) is 0.322. The molecule has 0 bridgehead atoms. The summed E-state index contributed by atoms with van der Waals surface area (Å²) in [6, 6.07) is 8.39. The lowest BCUT2D eigenvalue weighted by atomic mass is 10.1. The average Bonchev–Trinajstić information content (AvgIpc) is 3.28. The summed E-state index contributed by atoms with van der Waals surface area (Å²) < 4.78 is 35.6. The summed E-state index contributed by atoms with van der Waals surface area (Å²) in [6.45, 7) is 0.102. The van der Waals surface area contributed by atoms with Gasteiger partial charge in [-0.05, 0) is 42.5 Å². The number of amides is 1. The molecule has 0 radical (unpaired) electrons. The standard InChI is InChI=1S/C19H20N2O5S/c20-15-9-17-18(26-11-25-17)10-16(15)21-19(22)6-7-27(23,24)14-5-4-12-2-1-3-13(12)8-14/h4-5,8-10H,1-3,6-7,11,20H2,(H,21,22). The minimum absolute atomic E-state index is 0.102. The van der Waals surface area contributed by atoms with Gasteiger partial charge in [0.05, 0.1) is 22.0 Å². The summed E-state index contributed by atoms with van der Waals surface area (Å²) in [5, 5.41) is 2.64. The number of sulfone groups is 1. The summed E-state index contributed by atoms with van der Waals surface area (Å²) in [5.41, 5.74) is 8.90. The molecule has 2 aromatic rings. The molecule has 1 heterocycles. The molecule has 1 aliphatic carbocycles. The average molecular weight is 388 g/mol. The van der Waals surface area contributed by atoms with Crippen molar-refractivity contribution in [3.8, 4) is 11.5 Å². The molecular formula is C19H20N2O5S. The fourth-order valence-corrected chi connectivity index (χ4v) is 4.65. The maximum atomic E-state index is 12.6. The molecular weight excluding hydrogens is 368 g/mol. The third-order valence-corrected chi connectivity index (χ3v) is 6.56. The fraction of sp³-hybridized carbons (Fsp3) is 0.316. The lowest BCUT2D eigenvalue weighted by molar-refractivity contribution is -0.115. The van der Waals surface area contributed by atoms with Gasteiger partial charge in [0.1, 0.15) is 0 Å². The Balaban J connectivity index is 1.42. The molecule has 27 heavy (non-hydrogen) atoms. The highest BCUT2D eigenvalue weighted by atomic mass is 32.2. The first-order valence-electron chi connectivity index (χ1n) is 8.76. The summed E-state index contributed by atoms with van der Waals surface area (Å²) in [6.07, 6.45) is 2.79. The Labute approximate surface area is 157 Å². The van der Waals surface area contributed by atoms with Crippen LogP contribution in [-0.4, -0.2) is 26.9 Å². The van der Waals surface area contributed by atoms with Gasteiger partial charge in [0.15, 0.2) is 21.3 Å². The number of nitrogens with one attached hydrogen (secondary N) is 1. The second kappa shape index (κ2) is 6.77. The highest BCUT2D eigenvalue weighted by molar-refractivity contribution is 7.91. The van der Waals surface area contributed by atoms with Gasteiger partial charge < -0.3 is 20.5 Å². The van der Waals surface area contributed by atoms with Crippen LogP contribution in [0, 0.1) is 0 Å². The van der Waals surface area contributed by atoms with Crippen LogP contribution < -0.4 is 20.5 Å². The van der Waals surface area contributed by atoms with E-state index in [0.29, 0.717) is 22.9 Å². The largest absolute Gasteiger partial charge is 0.454 e. The van der Waals surface area contributed by atoms with Crippen LogP contribution in [0.15, 0.2) is 35.2 Å². The number of benzene rings is 2. The van der Waals surface area contributed by atoms with E-state index in [1.54, 1.807) is 24.3 Å². The molecule has 2 aliphatic rings. The maximum Gasteiger partial charge on any atom is 0.231 e. The van der Waals surface area contributed by atoms with Crippen LogP contribution in [0.4, 0.5) is 11.4 Å². The summed E-state index contributed by atoms with van der Waals surface area (Å²) in [4.78, 5) is 12.5. The first-order valence-corrected chi connectivity index (χ1v) is 10.4. The SMILES string of the molecule is Nc1cc2c(cc1NC(=O)CCS(=O)(=O)c1ccc3c(c1)CCC3)OCO2. The molecule has 0 spiro atoms. The molecule has 3 N–H and O–H groups in total. The molecule has 0 unspecified atom stereocenters. The molecule has 1 aliphatic heterocycles. The number of nitrogens with two attached hydrogens (primary N) is 1. The monoisotopic (exact) mass is 388 g/mol. The summed E-state index contributed by atoms with van der Waals surface area (Å²) in [7, 11) is -3.53. The Morgan fingerprint density at radius 2 is 1.81 bits per heavy atom. The molecule has 7 nitrogen and oxygen atoms in total. The first kappa shape index (κ1) is 17.7. The van der Waals surface area contributed by atoms with Crippen LogP contribution >= 0.6 is 0 Å². The second-order valence-corrected chi connectivity index (χ2v) is 8.80. The van der Waals surface area contributed by atoms with E-state index < -0.39 is 15.7 Å². The van der Waals surface area contributed by atoms with Crippen molar-refractivity contribution in [1.82, 2.24) is 0 Å². The number of hydrogen-bond donors (Lipinski definition) is 2. The number of hydrogen-bond acceptors (Lipinski definition) is 6. The molecule has 0 saturated carbocycles. The highest BCUT2D eigenvalue weighted by Gasteiger charge is 2.21. The van der Waals surface area contributed by atoms with Crippen molar-refractivity contribution in [1.29, 1.82) is 0 Å². The van der Waals surface area contributed by atoms with Crippen molar-refractivity contribution in [2.75, 3.05) is 23.6 Å². The van der Waals surface area contributed by atoms with Gasteiger partial charge in [0, 0.05) is 18.6 Å². The molecule has 2 aromatic carbocycles. The minimum Gasteiger partial charge on any atom is -0.454 e. The lowest BCUT2D eigenvalue weighted by Crippen LogP contribution is -2.18. The van der Waals surface area contributed by atoms with E-state index in [2.05, 4.69) is 5.32 Å². The quantitative estimate of drug-likeness (QED) is 0.761. The number of nitrogen functional groups attached to an aromatic ring is 1. The predicted octanol–water partition coefficient (Wildman–Crippen LogP) is 2.29. The number of carbonyl (C=O) groups excluding carboxylic acids is 1. The van der Waals surface area contributed by atoms with Gasteiger partial charge in [0.25, 0.3) is 0 Å². The molecule has 8 heteroatoms. The normalized spacial score (nSPS) is 14.8. The second-order valence-electron chi connectivity index (χ2n) is 6.69. The predicted molar refractivity (Wildman–Crippen MR) is 101 cm³/mol. The van der Waals surface area contributed by atoms with E-state index in [-0.39, 0.29) is 23.9 Å². The third-order valence-electron chi connectivity index (χ3n) is 4.85. The van der Waals surface area contributed by atoms with E-state index >= 15 is 0 Å². The number of aryl methyl sites for hydroxylation is 2. The minimum atomic E-state index is -3.53. The first-order chi connectivity index (χ1) is 12.9. The van der Waals surface area contributed by atoms with Crippen LogP contribution in [0.5, 0.6) is 11.5 Å². The molecule has 0 aromatic heterocycles. The fourth-order valence-electron chi connectivity index (χ4n) is 3.37. The zero-order valence-electron chi connectivity index (χ0n) is 14.7. The Morgan fingerprint density at radius 1 is 1.07 bits per heavy atom. The van der Waals surface area contributed by atoms with E-state index in [0.717, 1.165) is 24.8 Å². The van der Waals surface area contributed by atoms with Crippen molar-refractivity contribution in [2.45, 2.75) is 30.6 Å². The van der Waals surface area contributed by atoms with Crippen LogP contribution in [0.1, 0.15) is 24.0 Å². The number of rotatable bonds is 5. The Bertz CT molecular complexity index is 1020. The van der Waals surface area contributed by atoms with Crippen LogP contribution in [-0.2, 0) is 27.5 Å². The smallest absolute Gasteiger partial charge is 0.231 e. The van der Waals surface area contributed by atoms with Gasteiger partial charge in [0.2, 0.25) is 12.7 Å². The topological polar surface area (TPSA) is 108 Å². The van der Waals surface area contributed by atoms with Crippen molar-refractivity contribution < 1.29 is 22.7 Å². The van der Waals surface area contributed by atoms with Crippen LogP contribution in [0.25, 0.3) is 0 Å². The molecule has 4 rings (SSSR count). The Hall–Kier alpha value is -2.74.